The highest BCUT2D eigenvalue weighted by molar-refractivity contribution is 6.07. The standard InChI is InChI=1S/C19H24O6/c1-4-6-7-8-11(5-2)14-16(21)15-12(18(22)24-3)9-10-13(20)17(15)25-19(14)23/h9-11,20-21H,4-8H2,1-3H3. The summed E-state index contributed by atoms with van der Waals surface area (Å²) in [6.07, 6.45) is 4.40. The van der Waals surface area contributed by atoms with Crippen molar-refractivity contribution in [3.63, 3.8) is 0 Å². The fourth-order valence-electron chi connectivity index (χ4n) is 3.12. The van der Waals surface area contributed by atoms with E-state index in [0.29, 0.717) is 6.42 Å². The normalized spacial score (nSPS) is 12.3. The van der Waals surface area contributed by atoms with Crippen molar-refractivity contribution >= 4 is 16.9 Å². The van der Waals surface area contributed by atoms with Crippen molar-refractivity contribution in [2.24, 2.45) is 0 Å². The number of ether oxygens (including phenoxy) is 1. The molecule has 6 nitrogen and oxygen atoms in total. The summed E-state index contributed by atoms with van der Waals surface area (Å²) in [4.78, 5) is 24.4. The third-order valence-electron chi connectivity index (χ3n) is 4.51. The van der Waals surface area contributed by atoms with Crippen LogP contribution in [-0.2, 0) is 4.74 Å². The predicted molar refractivity (Wildman–Crippen MR) is 94.3 cm³/mol. The number of hydrogen-bond acceptors (Lipinski definition) is 6. The summed E-state index contributed by atoms with van der Waals surface area (Å²) in [6.45, 7) is 4.03. The monoisotopic (exact) mass is 348 g/mol. The number of unbranched alkanes of at least 4 members (excludes halogenated alkanes) is 2. The number of phenols is 1. The molecule has 0 saturated heterocycles. The molecule has 1 heterocycles. The van der Waals surface area contributed by atoms with E-state index < -0.39 is 11.6 Å². The molecule has 0 aliphatic heterocycles. The first-order chi connectivity index (χ1) is 12.0. The van der Waals surface area contributed by atoms with Crippen molar-refractivity contribution in [1.29, 1.82) is 0 Å². The van der Waals surface area contributed by atoms with Crippen molar-refractivity contribution in [2.45, 2.75) is 51.9 Å². The van der Waals surface area contributed by atoms with Crippen molar-refractivity contribution in [3.05, 3.63) is 33.7 Å². The SMILES string of the molecule is CCCCCC(CC)c1c(O)c2c(C(=O)OC)ccc(O)c2oc1=O. The van der Waals surface area contributed by atoms with Crippen LogP contribution < -0.4 is 5.63 Å². The summed E-state index contributed by atoms with van der Waals surface area (Å²) >= 11 is 0. The lowest BCUT2D eigenvalue weighted by Crippen LogP contribution is -2.14. The first-order valence-corrected chi connectivity index (χ1v) is 8.56. The van der Waals surface area contributed by atoms with Gasteiger partial charge in [-0.1, -0.05) is 33.1 Å². The number of carbonyl (C=O) groups is 1. The van der Waals surface area contributed by atoms with Crippen LogP contribution in [0.2, 0.25) is 0 Å². The maximum atomic E-state index is 12.4. The van der Waals surface area contributed by atoms with Crippen LogP contribution in [0.25, 0.3) is 11.0 Å². The Balaban J connectivity index is 2.70. The van der Waals surface area contributed by atoms with Gasteiger partial charge < -0.3 is 19.4 Å². The molecule has 0 bridgehead atoms. The average molecular weight is 348 g/mol. The second-order valence-electron chi connectivity index (χ2n) is 6.08. The first kappa shape index (κ1) is 18.8. The number of methoxy groups -OCH3 is 1. The lowest BCUT2D eigenvalue weighted by Gasteiger charge is -2.17. The van der Waals surface area contributed by atoms with E-state index in [1.54, 1.807) is 0 Å². The zero-order valence-corrected chi connectivity index (χ0v) is 14.8. The molecule has 0 saturated carbocycles. The fraction of sp³-hybridized carbons (Fsp3) is 0.474. The van der Waals surface area contributed by atoms with E-state index in [9.17, 15) is 19.8 Å². The van der Waals surface area contributed by atoms with Crippen LogP contribution in [0.1, 0.15) is 67.8 Å². The minimum Gasteiger partial charge on any atom is -0.507 e. The van der Waals surface area contributed by atoms with Gasteiger partial charge in [-0.3, -0.25) is 0 Å². The molecule has 0 aliphatic carbocycles. The van der Waals surface area contributed by atoms with E-state index in [2.05, 4.69) is 6.92 Å². The Hall–Kier alpha value is -2.50. The number of aromatic hydroxyl groups is 2. The van der Waals surface area contributed by atoms with E-state index >= 15 is 0 Å². The van der Waals surface area contributed by atoms with Crippen LogP contribution in [-0.4, -0.2) is 23.3 Å². The van der Waals surface area contributed by atoms with Gasteiger partial charge in [0.1, 0.15) is 5.75 Å². The van der Waals surface area contributed by atoms with E-state index in [4.69, 9.17) is 9.15 Å². The van der Waals surface area contributed by atoms with Crippen molar-refractivity contribution in [3.8, 4) is 11.5 Å². The van der Waals surface area contributed by atoms with Crippen LogP contribution in [0.4, 0.5) is 0 Å². The largest absolute Gasteiger partial charge is 0.507 e. The summed E-state index contributed by atoms with van der Waals surface area (Å²) in [6, 6.07) is 2.57. The topological polar surface area (TPSA) is 97.0 Å². The van der Waals surface area contributed by atoms with E-state index in [1.165, 1.54) is 19.2 Å². The quantitative estimate of drug-likeness (QED) is 0.445. The van der Waals surface area contributed by atoms with E-state index in [-0.39, 0.29) is 39.5 Å². The Morgan fingerprint density at radius 1 is 1.24 bits per heavy atom. The molecule has 1 aromatic heterocycles. The van der Waals surface area contributed by atoms with Crippen LogP contribution in [0, 0.1) is 0 Å². The van der Waals surface area contributed by atoms with Crippen molar-refractivity contribution < 1.29 is 24.2 Å². The van der Waals surface area contributed by atoms with Gasteiger partial charge in [-0.25, -0.2) is 9.59 Å². The second kappa shape index (κ2) is 8.05. The highest BCUT2D eigenvalue weighted by atomic mass is 16.5. The van der Waals surface area contributed by atoms with Gasteiger partial charge in [0.2, 0.25) is 0 Å². The van der Waals surface area contributed by atoms with Gasteiger partial charge in [-0.15, -0.1) is 0 Å². The molecule has 0 fully saturated rings. The Kier molecular flexibility index (Phi) is 6.07. The maximum Gasteiger partial charge on any atom is 0.343 e. The average Bonchev–Trinajstić information content (AvgIpc) is 2.60. The molecule has 1 atom stereocenters. The summed E-state index contributed by atoms with van der Waals surface area (Å²) in [5, 5.41) is 20.7. The van der Waals surface area contributed by atoms with Crippen LogP contribution in [0.15, 0.2) is 21.3 Å². The number of carbonyl (C=O) groups excluding carboxylic acids is 1. The van der Waals surface area contributed by atoms with Gasteiger partial charge in [0.15, 0.2) is 11.3 Å². The zero-order chi connectivity index (χ0) is 18.6. The lowest BCUT2D eigenvalue weighted by molar-refractivity contribution is 0.0602. The van der Waals surface area contributed by atoms with E-state index in [1.807, 2.05) is 6.92 Å². The van der Waals surface area contributed by atoms with E-state index in [0.717, 1.165) is 25.7 Å². The summed E-state index contributed by atoms with van der Waals surface area (Å²) in [7, 11) is 1.22. The van der Waals surface area contributed by atoms with Gasteiger partial charge in [-0.05, 0) is 30.9 Å². The Morgan fingerprint density at radius 3 is 2.56 bits per heavy atom. The highest BCUT2D eigenvalue weighted by Crippen LogP contribution is 2.39. The molecule has 0 aliphatic rings. The molecule has 1 aromatic carbocycles. The van der Waals surface area contributed by atoms with Gasteiger partial charge in [-0.2, -0.15) is 0 Å². The molecule has 0 amide bonds. The van der Waals surface area contributed by atoms with Crippen LogP contribution in [0.5, 0.6) is 11.5 Å². The fourth-order valence-corrected chi connectivity index (χ4v) is 3.12. The highest BCUT2D eigenvalue weighted by Gasteiger charge is 2.26. The molecule has 0 radical (unpaired) electrons. The van der Waals surface area contributed by atoms with Crippen molar-refractivity contribution in [1.82, 2.24) is 0 Å². The summed E-state index contributed by atoms with van der Waals surface area (Å²) < 4.78 is 9.98. The molecule has 0 spiro atoms. The Bertz CT molecular complexity index is 821. The summed E-state index contributed by atoms with van der Waals surface area (Å²) in [5.41, 5.74) is -0.703. The molecule has 2 rings (SSSR count). The number of fused-ring (bicyclic) bond motifs is 1. The van der Waals surface area contributed by atoms with Crippen LogP contribution in [0.3, 0.4) is 0 Å². The number of hydrogen-bond donors (Lipinski definition) is 2. The molecule has 1 unspecified atom stereocenters. The molecular weight excluding hydrogens is 324 g/mol. The zero-order valence-electron chi connectivity index (χ0n) is 14.8. The number of esters is 1. The summed E-state index contributed by atoms with van der Waals surface area (Å²) in [5.74, 6) is -1.49. The minimum absolute atomic E-state index is 0.00962. The molecular formula is C19H24O6. The van der Waals surface area contributed by atoms with Crippen LogP contribution >= 0.6 is 0 Å². The minimum atomic E-state index is -0.689. The van der Waals surface area contributed by atoms with Gasteiger partial charge in [0, 0.05) is 0 Å². The lowest BCUT2D eigenvalue weighted by atomic mass is 9.90. The number of phenolic OH excluding ortho intramolecular Hbond substituents is 1. The smallest absolute Gasteiger partial charge is 0.343 e. The van der Waals surface area contributed by atoms with Crippen molar-refractivity contribution in [2.75, 3.05) is 7.11 Å². The second-order valence-corrected chi connectivity index (χ2v) is 6.08. The van der Waals surface area contributed by atoms with Gasteiger partial charge in [0.25, 0.3) is 0 Å². The van der Waals surface area contributed by atoms with Gasteiger partial charge in [0.05, 0.1) is 23.6 Å². The molecule has 2 aromatic rings. The predicted octanol–water partition coefficient (Wildman–Crippen LogP) is 4.06. The number of benzene rings is 1. The molecule has 136 valence electrons. The molecule has 6 heteroatoms. The Morgan fingerprint density at radius 2 is 1.96 bits per heavy atom. The molecule has 25 heavy (non-hydrogen) atoms. The number of rotatable bonds is 7. The maximum absolute atomic E-state index is 12.4. The molecule has 2 N–H and O–H groups in total. The third kappa shape index (κ3) is 3.62. The Labute approximate surface area is 146 Å². The first-order valence-electron chi connectivity index (χ1n) is 8.56. The third-order valence-corrected chi connectivity index (χ3v) is 4.51. The van der Waals surface area contributed by atoms with Gasteiger partial charge >= 0.3 is 11.6 Å².